The van der Waals surface area contributed by atoms with Crippen LogP contribution in [-0.4, -0.2) is 21.3 Å². The Hall–Kier alpha value is -0.780. The lowest BCUT2D eigenvalue weighted by Gasteiger charge is -2.14. The molecule has 4 nitrogen and oxygen atoms in total. The summed E-state index contributed by atoms with van der Waals surface area (Å²) < 4.78 is 32.8. The molecule has 0 bridgehead atoms. The molecule has 1 aromatic carbocycles. The fraction of sp³-hybridized carbons (Fsp3) is 0.455. The van der Waals surface area contributed by atoms with Gasteiger partial charge in [-0.15, -0.1) is 0 Å². The van der Waals surface area contributed by atoms with E-state index in [9.17, 15) is 8.42 Å². The highest BCUT2D eigenvalue weighted by Crippen LogP contribution is 2.36. The maximum Gasteiger partial charge on any atom is 0.306 e. The minimum Gasteiger partial charge on any atom is -0.382 e. The molecule has 1 aromatic rings. The zero-order valence-electron chi connectivity index (χ0n) is 9.35. The predicted molar refractivity (Wildman–Crippen MR) is 64.9 cm³/mol. The second-order valence-corrected chi connectivity index (χ2v) is 5.98. The average molecular weight is 277 g/mol. The van der Waals surface area contributed by atoms with Crippen molar-refractivity contribution in [2.45, 2.75) is 18.9 Å². The predicted octanol–water partition coefficient (Wildman–Crippen LogP) is 2.53. The van der Waals surface area contributed by atoms with E-state index in [0.29, 0.717) is 22.9 Å². The van der Waals surface area contributed by atoms with Crippen LogP contribution in [0.3, 0.4) is 0 Å². The normalized spacial score (nSPS) is 20.5. The molecule has 1 aliphatic heterocycles. The van der Waals surface area contributed by atoms with Gasteiger partial charge >= 0.3 is 10.1 Å². The first-order valence-electron chi connectivity index (χ1n) is 5.26. The van der Waals surface area contributed by atoms with E-state index >= 15 is 0 Å². The van der Waals surface area contributed by atoms with Crippen LogP contribution in [0.4, 0.5) is 0 Å². The molecule has 0 aromatic heterocycles. The summed E-state index contributed by atoms with van der Waals surface area (Å²) in [6, 6.07) is 4.85. The maximum absolute atomic E-state index is 11.2. The fourth-order valence-electron chi connectivity index (χ4n) is 1.83. The molecule has 0 amide bonds. The van der Waals surface area contributed by atoms with Crippen molar-refractivity contribution in [1.82, 2.24) is 0 Å². The molecule has 0 saturated carbocycles. The highest BCUT2D eigenvalue weighted by atomic mass is 35.5. The molecule has 1 unspecified atom stereocenters. The van der Waals surface area contributed by atoms with Crippen molar-refractivity contribution in [2.75, 3.05) is 12.9 Å². The van der Waals surface area contributed by atoms with Gasteiger partial charge in [0.05, 0.1) is 12.4 Å². The van der Waals surface area contributed by atoms with Crippen LogP contribution < -0.4 is 4.18 Å². The molecule has 0 N–H and O–H groups in total. The van der Waals surface area contributed by atoms with Crippen molar-refractivity contribution in [3.63, 3.8) is 0 Å². The first-order chi connectivity index (χ1) is 7.96. The Labute approximate surface area is 106 Å². The van der Waals surface area contributed by atoms with Gasteiger partial charge in [-0.1, -0.05) is 11.6 Å². The summed E-state index contributed by atoms with van der Waals surface area (Å²) >= 11 is 5.91. The minimum absolute atomic E-state index is 0.134. The van der Waals surface area contributed by atoms with E-state index in [1.807, 2.05) is 0 Å². The second kappa shape index (κ2) is 4.84. The minimum atomic E-state index is -3.54. The van der Waals surface area contributed by atoms with Gasteiger partial charge < -0.3 is 8.92 Å². The Morgan fingerprint density at radius 3 is 2.82 bits per heavy atom. The van der Waals surface area contributed by atoms with Gasteiger partial charge in [-0.2, -0.15) is 8.42 Å². The van der Waals surface area contributed by atoms with Crippen molar-refractivity contribution in [3.8, 4) is 5.75 Å². The van der Waals surface area contributed by atoms with Crippen LogP contribution in [0.2, 0.25) is 5.02 Å². The summed E-state index contributed by atoms with van der Waals surface area (Å²) in [4.78, 5) is 0. The molecular formula is C11H13ClO4S. The molecule has 1 aliphatic rings. The number of rotatable bonds is 3. The van der Waals surface area contributed by atoms with Crippen LogP contribution in [-0.2, 0) is 14.9 Å². The van der Waals surface area contributed by atoms with Crippen LogP contribution >= 0.6 is 11.6 Å². The Morgan fingerprint density at radius 2 is 2.24 bits per heavy atom. The summed E-state index contributed by atoms with van der Waals surface area (Å²) in [6.07, 6.45) is 2.68. The van der Waals surface area contributed by atoms with Crippen molar-refractivity contribution in [3.05, 3.63) is 28.8 Å². The largest absolute Gasteiger partial charge is 0.382 e. The molecule has 2 rings (SSSR count). The molecule has 0 spiro atoms. The molecule has 1 heterocycles. The van der Waals surface area contributed by atoms with E-state index in [1.165, 1.54) is 0 Å². The molecule has 0 radical (unpaired) electrons. The number of hydrogen-bond acceptors (Lipinski definition) is 4. The van der Waals surface area contributed by atoms with E-state index in [4.69, 9.17) is 20.5 Å². The quantitative estimate of drug-likeness (QED) is 0.796. The van der Waals surface area contributed by atoms with Gasteiger partial charge in [0.25, 0.3) is 0 Å². The smallest absolute Gasteiger partial charge is 0.306 e. The molecule has 6 heteroatoms. The summed E-state index contributed by atoms with van der Waals surface area (Å²) in [5.74, 6) is 0.295. The SMILES string of the molecule is CS(=O)(=O)Oc1ccc(Cl)cc1C1CCCO1. The van der Waals surface area contributed by atoms with Crippen molar-refractivity contribution in [1.29, 1.82) is 0 Å². The van der Waals surface area contributed by atoms with Crippen molar-refractivity contribution >= 4 is 21.7 Å². The fourth-order valence-corrected chi connectivity index (χ4v) is 2.49. The summed E-state index contributed by atoms with van der Waals surface area (Å²) in [5, 5.41) is 0.538. The third-order valence-corrected chi connectivity index (χ3v) is 3.21. The average Bonchev–Trinajstić information content (AvgIpc) is 2.71. The zero-order valence-corrected chi connectivity index (χ0v) is 10.9. The number of hydrogen-bond donors (Lipinski definition) is 0. The highest BCUT2D eigenvalue weighted by molar-refractivity contribution is 7.86. The van der Waals surface area contributed by atoms with Gasteiger partial charge in [-0.05, 0) is 31.0 Å². The third-order valence-electron chi connectivity index (χ3n) is 2.49. The third kappa shape index (κ3) is 3.34. The van der Waals surface area contributed by atoms with Gasteiger partial charge in [0.2, 0.25) is 0 Å². The number of halogens is 1. The van der Waals surface area contributed by atoms with Crippen molar-refractivity contribution in [2.24, 2.45) is 0 Å². The Kier molecular flexibility index (Phi) is 3.61. The first kappa shape index (κ1) is 12.7. The van der Waals surface area contributed by atoms with Crippen LogP contribution in [0.25, 0.3) is 0 Å². The Balaban J connectivity index is 2.36. The lowest BCUT2D eigenvalue weighted by Crippen LogP contribution is -2.09. The van der Waals surface area contributed by atoms with E-state index in [-0.39, 0.29) is 6.10 Å². The standard InChI is InChI=1S/C11H13ClO4S/c1-17(13,14)16-11-5-4-8(12)7-9(11)10-3-2-6-15-10/h4-5,7,10H,2-3,6H2,1H3. The number of ether oxygens (including phenoxy) is 1. The summed E-state index contributed by atoms with van der Waals surface area (Å²) in [5.41, 5.74) is 0.695. The van der Waals surface area contributed by atoms with Crippen LogP contribution in [0.1, 0.15) is 24.5 Å². The van der Waals surface area contributed by atoms with Crippen molar-refractivity contribution < 1.29 is 17.3 Å². The van der Waals surface area contributed by atoms with Crippen LogP contribution in [0, 0.1) is 0 Å². The van der Waals surface area contributed by atoms with Gasteiger partial charge in [0.1, 0.15) is 5.75 Å². The monoisotopic (exact) mass is 276 g/mol. The summed E-state index contributed by atoms with van der Waals surface area (Å²) in [7, 11) is -3.54. The highest BCUT2D eigenvalue weighted by Gasteiger charge is 2.23. The Bertz CT molecular complexity index is 506. The topological polar surface area (TPSA) is 52.6 Å². The first-order valence-corrected chi connectivity index (χ1v) is 7.46. The number of benzene rings is 1. The molecule has 17 heavy (non-hydrogen) atoms. The molecule has 0 aliphatic carbocycles. The molecule has 1 fully saturated rings. The summed E-state index contributed by atoms with van der Waals surface area (Å²) in [6.45, 7) is 0.676. The molecule has 1 saturated heterocycles. The zero-order chi connectivity index (χ0) is 12.5. The molecular weight excluding hydrogens is 264 g/mol. The van der Waals surface area contributed by atoms with Gasteiger partial charge in [0.15, 0.2) is 0 Å². The molecule has 94 valence electrons. The Morgan fingerprint density at radius 1 is 1.47 bits per heavy atom. The van der Waals surface area contributed by atoms with E-state index in [1.54, 1.807) is 18.2 Å². The van der Waals surface area contributed by atoms with E-state index in [0.717, 1.165) is 19.1 Å². The van der Waals surface area contributed by atoms with Gasteiger partial charge in [-0.25, -0.2) is 0 Å². The van der Waals surface area contributed by atoms with E-state index in [2.05, 4.69) is 0 Å². The van der Waals surface area contributed by atoms with Gasteiger partial charge in [-0.3, -0.25) is 0 Å². The second-order valence-electron chi connectivity index (χ2n) is 3.97. The van der Waals surface area contributed by atoms with Gasteiger partial charge in [0, 0.05) is 17.2 Å². The van der Waals surface area contributed by atoms with Crippen LogP contribution in [0.5, 0.6) is 5.75 Å². The lowest BCUT2D eigenvalue weighted by atomic mass is 10.1. The van der Waals surface area contributed by atoms with Crippen LogP contribution in [0.15, 0.2) is 18.2 Å². The van der Waals surface area contributed by atoms with E-state index < -0.39 is 10.1 Å². The lowest BCUT2D eigenvalue weighted by molar-refractivity contribution is 0.110. The molecule has 1 atom stereocenters. The maximum atomic E-state index is 11.2.